The Hall–Kier alpha value is -2.00. The van der Waals surface area contributed by atoms with E-state index in [1.165, 1.54) is 0 Å². The van der Waals surface area contributed by atoms with Crippen LogP contribution in [0, 0.1) is 13.8 Å². The molecule has 3 heteroatoms. The molecule has 0 amide bonds. The van der Waals surface area contributed by atoms with Gasteiger partial charge in [-0.15, -0.1) is 0 Å². The van der Waals surface area contributed by atoms with Gasteiger partial charge in [-0.25, -0.2) is 0 Å². The fourth-order valence-electron chi connectivity index (χ4n) is 2.25. The third kappa shape index (κ3) is 3.11. The Kier molecular flexibility index (Phi) is 4.64. The molecule has 2 rings (SSSR count). The topological polar surface area (TPSA) is 44.5 Å². The summed E-state index contributed by atoms with van der Waals surface area (Å²) in [5.41, 5.74) is 10.0. The summed E-state index contributed by atoms with van der Waals surface area (Å²) < 4.78 is 11.3. The number of hydrogen-bond donors (Lipinski definition) is 1. The number of benzene rings is 2. The molecular formula is C17H21NO2. The van der Waals surface area contributed by atoms with Crippen molar-refractivity contribution in [2.75, 3.05) is 7.11 Å². The Morgan fingerprint density at radius 3 is 2.35 bits per heavy atom. The Bertz CT molecular complexity index is 573. The van der Waals surface area contributed by atoms with Crippen LogP contribution in [0.5, 0.6) is 11.5 Å². The van der Waals surface area contributed by atoms with E-state index in [9.17, 15) is 0 Å². The summed E-state index contributed by atoms with van der Waals surface area (Å²) in [6, 6.07) is 12.1. The fraction of sp³-hybridized carbons (Fsp3) is 0.294. The molecule has 0 unspecified atom stereocenters. The number of nitrogens with two attached hydrogens (primary N) is 1. The van der Waals surface area contributed by atoms with Crippen molar-refractivity contribution < 1.29 is 9.47 Å². The molecule has 0 heterocycles. The Morgan fingerprint density at radius 1 is 1.05 bits per heavy atom. The summed E-state index contributed by atoms with van der Waals surface area (Å²) in [7, 11) is 1.67. The monoisotopic (exact) mass is 271 g/mol. The molecule has 2 aromatic rings. The normalized spacial score (nSPS) is 10.4. The number of para-hydroxylation sites is 1. The molecule has 2 N–H and O–H groups in total. The highest BCUT2D eigenvalue weighted by molar-refractivity contribution is 5.41. The minimum absolute atomic E-state index is 0.475. The predicted octanol–water partition coefficient (Wildman–Crippen LogP) is 3.35. The first-order chi connectivity index (χ1) is 9.65. The second kappa shape index (κ2) is 6.44. The van der Waals surface area contributed by atoms with Gasteiger partial charge in [-0.2, -0.15) is 0 Å². The van der Waals surface area contributed by atoms with Crippen LogP contribution in [-0.2, 0) is 13.2 Å². The molecule has 2 aromatic carbocycles. The Balaban J connectivity index is 2.22. The zero-order chi connectivity index (χ0) is 14.5. The van der Waals surface area contributed by atoms with E-state index in [-0.39, 0.29) is 0 Å². The summed E-state index contributed by atoms with van der Waals surface area (Å²) in [6.07, 6.45) is 0. The number of methoxy groups -OCH3 is 1. The number of aryl methyl sites for hydroxylation is 2. The lowest BCUT2D eigenvalue weighted by Crippen LogP contribution is -2.03. The third-order valence-corrected chi connectivity index (χ3v) is 3.36. The molecular weight excluding hydrogens is 250 g/mol. The van der Waals surface area contributed by atoms with Gasteiger partial charge < -0.3 is 15.2 Å². The van der Waals surface area contributed by atoms with E-state index in [4.69, 9.17) is 15.2 Å². The van der Waals surface area contributed by atoms with E-state index in [1.54, 1.807) is 7.11 Å². The predicted molar refractivity (Wildman–Crippen MR) is 81.1 cm³/mol. The first-order valence-corrected chi connectivity index (χ1v) is 6.70. The molecule has 0 spiro atoms. The van der Waals surface area contributed by atoms with Crippen LogP contribution in [0.4, 0.5) is 0 Å². The highest BCUT2D eigenvalue weighted by Crippen LogP contribution is 2.26. The molecule has 0 saturated heterocycles. The molecule has 0 fully saturated rings. The Labute approximate surface area is 120 Å². The molecule has 20 heavy (non-hydrogen) atoms. The number of rotatable bonds is 5. The molecule has 0 saturated carbocycles. The standard InChI is InChI=1S/C17H21NO2/c1-12-5-4-6-13(2)17(12)20-11-15-9-14(10-18)7-8-16(15)19-3/h4-9H,10-11,18H2,1-3H3. The van der Waals surface area contributed by atoms with Crippen LogP contribution in [0.1, 0.15) is 22.3 Å². The van der Waals surface area contributed by atoms with Gasteiger partial charge in [-0.1, -0.05) is 24.3 Å². The van der Waals surface area contributed by atoms with Gasteiger partial charge in [-0.05, 0) is 42.7 Å². The zero-order valence-electron chi connectivity index (χ0n) is 12.3. The van der Waals surface area contributed by atoms with Gasteiger partial charge in [0.1, 0.15) is 18.1 Å². The van der Waals surface area contributed by atoms with Crippen LogP contribution in [0.15, 0.2) is 36.4 Å². The van der Waals surface area contributed by atoms with Crippen LogP contribution in [-0.4, -0.2) is 7.11 Å². The first kappa shape index (κ1) is 14.4. The summed E-state index contributed by atoms with van der Waals surface area (Å²) in [5, 5.41) is 0. The van der Waals surface area contributed by atoms with Gasteiger partial charge in [0, 0.05) is 12.1 Å². The van der Waals surface area contributed by atoms with Gasteiger partial charge in [0.15, 0.2) is 0 Å². The lowest BCUT2D eigenvalue weighted by atomic mass is 10.1. The smallest absolute Gasteiger partial charge is 0.125 e. The van der Waals surface area contributed by atoms with E-state index < -0.39 is 0 Å². The molecule has 3 nitrogen and oxygen atoms in total. The molecule has 0 aliphatic carbocycles. The summed E-state index contributed by atoms with van der Waals surface area (Å²) >= 11 is 0. The van der Waals surface area contributed by atoms with Crippen LogP contribution in [0.25, 0.3) is 0 Å². The number of ether oxygens (including phenoxy) is 2. The van der Waals surface area contributed by atoms with Crippen molar-refractivity contribution in [1.82, 2.24) is 0 Å². The first-order valence-electron chi connectivity index (χ1n) is 6.70. The second-order valence-corrected chi connectivity index (χ2v) is 4.86. The van der Waals surface area contributed by atoms with E-state index in [1.807, 2.05) is 24.3 Å². The van der Waals surface area contributed by atoms with E-state index >= 15 is 0 Å². The van der Waals surface area contributed by atoms with Crippen molar-refractivity contribution in [3.05, 3.63) is 58.7 Å². The third-order valence-electron chi connectivity index (χ3n) is 3.36. The van der Waals surface area contributed by atoms with Crippen molar-refractivity contribution >= 4 is 0 Å². The summed E-state index contributed by atoms with van der Waals surface area (Å²) in [5.74, 6) is 1.76. The van der Waals surface area contributed by atoms with Crippen LogP contribution in [0.3, 0.4) is 0 Å². The van der Waals surface area contributed by atoms with E-state index in [0.717, 1.165) is 33.8 Å². The van der Waals surface area contributed by atoms with Crippen molar-refractivity contribution in [2.45, 2.75) is 27.0 Å². The average Bonchev–Trinajstić information content (AvgIpc) is 2.46. The molecule has 0 aliphatic heterocycles. The zero-order valence-corrected chi connectivity index (χ0v) is 12.3. The molecule has 0 aromatic heterocycles. The van der Waals surface area contributed by atoms with Gasteiger partial charge >= 0.3 is 0 Å². The van der Waals surface area contributed by atoms with Crippen LogP contribution >= 0.6 is 0 Å². The minimum atomic E-state index is 0.475. The maximum absolute atomic E-state index is 5.97. The second-order valence-electron chi connectivity index (χ2n) is 4.86. The van der Waals surface area contributed by atoms with Gasteiger partial charge in [0.2, 0.25) is 0 Å². The van der Waals surface area contributed by atoms with Crippen molar-refractivity contribution in [2.24, 2.45) is 5.73 Å². The quantitative estimate of drug-likeness (QED) is 0.907. The SMILES string of the molecule is COc1ccc(CN)cc1COc1c(C)cccc1C. The highest BCUT2D eigenvalue weighted by Gasteiger charge is 2.08. The van der Waals surface area contributed by atoms with Crippen LogP contribution < -0.4 is 15.2 Å². The van der Waals surface area contributed by atoms with Gasteiger partial charge in [-0.3, -0.25) is 0 Å². The van der Waals surface area contributed by atoms with E-state index in [0.29, 0.717) is 13.2 Å². The number of hydrogen-bond acceptors (Lipinski definition) is 3. The Morgan fingerprint density at radius 2 is 1.75 bits per heavy atom. The lowest BCUT2D eigenvalue weighted by molar-refractivity contribution is 0.293. The molecule has 0 atom stereocenters. The molecule has 0 aliphatic rings. The highest BCUT2D eigenvalue weighted by atomic mass is 16.5. The fourth-order valence-corrected chi connectivity index (χ4v) is 2.25. The average molecular weight is 271 g/mol. The lowest BCUT2D eigenvalue weighted by Gasteiger charge is -2.14. The van der Waals surface area contributed by atoms with Gasteiger partial charge in [0.25, 0.3) is 0 Å². The largest absolute Gasteiger partial charge is 0.496 e. The maximum atomic E-state index is 5.97. The van der Waals surface area contributed by atoms with Crippen molar-refractivity contribution in [1.29, 1.82) is 0 Å². The van der Waals surface area contributed by atoms with Crippen molar-refractivity contribution in [3.8, 4) is 11.5 Å². The molecule has 0 bridgehead atoms. The van der Waals surface area contributed by atoms with Crippen LogP contribution in [0.2, 0.25) is 0 Å². The molecule has 106 valence electrons. The minimum Gasteiger partial charge on any atom is -0.496 e. The van der Waals surface area contributed by atoms with Gasteiger partial charge in [0.05, 0.1) is 7.11 Å². The maximum Gasteiger partial charge on any atom is 0.125 e. The van der Waals surface area contributed by atoms with Crippen molar-refractivity contribution in [3.63, 3.8) is 0 Å². The molecule has 0 radical (unpaired) electrons. The van der Waals surface area contributed by atoms with E-state index in [2.05, 4.69) is 26.0 Å². The summed E-state index contributed by atoms with van der Waals surface area (Å²) in [4.78, 5) is 0. The summed E-state index contributed by atoms with van der Waals surface area (Å²) in [6.45, 7) is 5.09.